The topological polar surface area (TPSA) is 3.88 Å². The van der Waals surface area contributed by atoms with Crippen LogP contribution in [0.1, 0.15) is 5.69 Å². The first-order valence-electron chi connectivity index (χ1n) is 2.75. The Balaban J connectivity index is 3.01. The molecule has 0 aliphatic carbocycles. The van der Waals surface area contributed by atoms with Crippen LogP contribution in [0.4, 0.5) is 0 Å². The first kappa shape index (κ1) is 6.91. The van der Waals surface area contributed by atoms with Crippen LogP contribution in [0.15, 0.2) is 24.4 Å². The third-order valence-corrected chi connectivity index (χ3v) is 3.50. The summed E-state index contributed by atoms with van der Waals surface area (Å²) in [6.07, 6.45) is 2.15. The van der Waals surface area contributed by atoms with Gasteiger partial charge in [0.05, 0.1) is 0 Å². The molecule has 0 unspecified atom stereocenters. The van der Waals surface area contributed by atoms with E-state index in [-0.39, 0.29) is 17.9 Å². The van der Waals surface area contributed by atoms with Gasteiger partial charge in [0.1, 0.15) is 0 Å². The molecule has 0 aromatic carbocycles. The summed E-state index contributed by atoms with van der Waals surface area (Å²) >= 11 is 0.0873. The van der Waals surface area contributed by atoms with E-state index in [4.69, 9.17) is 0 Å². The molecule has 0 bridgehead atoms. The molecule has 1 aromatic rings. The zero-order chi connectivity index (χ0) is 6.69. The Morgan fingerprint density at radius 1 is 1.44 bits per heavy atom. The third-order valence-electron chi connectivity index (χ3n) is 1.14. The molecule has 1 aromatic heterocycles. The van der Waals surface area contributed by atoms with Gasteiger partial charge in [0.15, 0.2) is 0 Å². The van der Waals surface area contributed by atoms with Crippen LogP contribution in [-0.2, 0) is 17.9 Å². The van der Waals surface area contributed by atoms with Crippen molar-refractivity contribution < 1.29 is 21.2 Å². The molecule has 0 saturated heterocycles. The molecule has 0 amide bonds. The second-order valence-corrected chi connectivity index (χ2v) is 4.01. The molecule has 1 rings (SSSR count). The molecule has 0 atom stereocenters. The molecule has 0 aliphatic heterocycles. The number of rotatable bonds is 1. The molecule has 9 heavy (non-hydrogen) atoms. The predicted molar refractivity (Wildman–Crippen MR) is 32.6 cm³/mol. The number of aromatic nitrogens is 1. The Labute approximate surface area is 64.0 Å². The van der Waals surface area contributed by atoms with Crippen LogP contribution in [0.3, 0.4) is 0 Å². The van der Waals surface area contributed by atoms with Crippen LogP contribution in [0.25, 0.3) is 0 Å². The first-order chi connectivity index (χ1) is 4.34. The van der Waals surface area contributed by atoms with Crippen LogP contribution >= 0.6 is 0 Å². The van der Waals surface area contributed by atoms with E-state index in [9.17, 15) is 0 Å². The maximum atomic E-state index is 2.33. The summed E-state index contributed by atoms with van der Waals surface area (Å²) in [5, 5.41) is 0. The van der Waals surface area contributed by atoms with Crippen molar-refractivity contribution >= 4 is 0 Å². The maximum absolute atomic E-state index is 2.33. The zero-order valence-electron chi connectivity index (χ0n) is 5.59. The van der Waals surface area contributed by atoms with E-state index in [0.717, 1.165) is 0 Å². The molecule has 1 nitrogen and oxygen atoms in total. The summed E-state index contributed by atoms with van der Waals surface area (Å²) in [6.45, 7) is 2.15. The standard InChI is InChI=1S/C6H7N.CH3.Ir/c1-6-4-2-3-5-7-6;;/h2-5H,1H3;1H3;. The number of hydrogen-bond donors (Lipinski definition) is 0. The average molecular weight is 300 g/mol. The molecule has 2 heteroatoms. The summed E-state index contributed by atoms with van der Waals surface area (Å²) in [6, 6.07) is 6.31. The third kappa shape index (κ3) is 1.60. The van der Waals surface area contributed by atoms with Crippen LogP contribution in [0, 0.1) is 6.92 Å². The summed E-state index contributed by atoms with van der Waals surface area (Å²) in [5.41, 5.74) is 3.65. The van der Waals surface area contributed by atoms with Crippen molar-refractivity contribution in [2.24, 2.45) is 0 Å². The van der Waals surface area contributed by atoms with E-state index >= 15 is 0 Å². The van der Waals surface area contributed by atoms with E-state index < -0.39 is 0 Å². The van der Waals surface area contributed by atoms with Gasteiger partial charge < -0.3 is 0 Å². The van der Waals surface area contributed by atoms with Crippen molar-refractivity contribution in [1.82, 2.24) is 0 Å². The normalized spacial score (nSPS) is 10.0. The van der Waals surface area contributed by atoms with E-state index in [2.05, 4.69) is 40.0 Å². The molecular formula is C7H10IrN. The average Bonchev–Trinajstić information content (AvgIpc) is 1.89. The van der Waals surface area contributed by atoms with Crippen LogP contribution < -0.4 is 3.24 Å². The number of aryl methyl sites for hydroxylation is 1. The Morgan fingerprint density at radius 2 is 2.22 bits per heavy atom. The van der Waals surface area contributed by atoms with Gasteiger partial charge in [-0.05, 0) is 0 Å². The number of hydrogen-bond acceptors (Lipinski definition) is 0. The second-order valence-electron chi connectivity index (χ2n) is 1.78. The van der Waals surface area contributed by atoms with Crippen LogP contribution in [0.2, 0.25) is 5.44 Å². The SMILES string of the molecule is [CH3][Ir-][n+]1ccccc1C. The van der Waals surface area contributed by atoms with Crippen molar-refractivity contribution in [3.63, 3.8) is 0 Å². The fourth-order valence-corrected chi connectivity index (χ4v) is 2.26. The van der Waals surface area contributed by atoms with Crippen molar-refractivity contribution in [3.05, 3.63) is 30.1 Å². The number of pyridine rings is 1. The molecule has 0 N–H and O–H groups in total. The van der Waals surface area contributed by atoms with Gasteiger partial charge in [-0.3, -0.25) is 0 Å². The van der Waals surface area contributed by atoms with Crippen LogP contribution in [0.5, 0.6) is 0 Å². The minimum absolute atomic E-state index is 0.0873. The molecule has 52 valence electrons. The van der Waals surface area contributed by atoms with E-state index in [0.29, 0.717) is 0 Å². The van der Waals surface area contributed by atoms with Crippen LogP contribution in [-0.4, -0.2) is 0 Å². The van der Waals surface area contributed by atoms with Crippen molar-refractivity contribution in [2.75, 3.05) is 0 Å². The summed E-state index contributed by atoms with van der Waals surface area (Å²) in [4.78, 5) is 0. The quantitative estimate of drug-likeness (QED) is 0.733. The summed E-state index contributed by atoms with van der Waals surface area (Å²) in [7, 11) is 0. The first-order valence-corrected chi connectivity index (χ1v) is 6.22. The molecule has 0 spiro atoms. The minimum atomic E-state index is 0.0873. The molecular weight excluding hydrogens is 290 g/mol. The van der Waals surface area contributed by atoms with Gasteiger partial charge in [0.2, 0.25) is 0 Å². The Bertz CT molecular complexity index is 198. The summed E-state index contributed by atoms with van der Waals surface area (Å²) < 4.78 is 2.33. The fourth-order valence-electron chi connectivity index (χ4n) is 0.669. The Hall–Kier alpha value is -0.201. The van der Waals surface area contributed by atoms with Gasteiger partial charge in [-0.15, -0.1) is 0 Å². The fraction of sp³-hybridized carbons (Fsp3) is 0.286. The Morgan fingerprint density at radius 3 is 2.67 bits per heavy atom. The monoisotopic (exact) mass is 301 g/mol. The van der Waals surface area contributed by atoms with Gasteiger partial charge in [-0.25, -0.2) is 0 Å². The van der Waals surface area contributed by atoms with Crippen molar-refractivity contribution in [1.29, 1.82) is 0 Å². The number of nitrogens with zero attached hydrogens (tertiary/aromatic N) is 1. The predicted octanol–water partition coefficient (Wildman–Crippen LogP) is 1.18. The molecule has 1 heterocycles. The molecule has 0 saturated carbocycles. The Kier molecular flexibility index (Phi) is 2.37. The van der Waals surface area contributed by atoms with Crippen molar-refractivity contribution in [2.45, 2.75) is 12.4 Å². The van der Waals surface area contributed by atoms with Gasteiger partial charge in [0.25, 0.3) is 0 Å². The molecule has 0 radical (unpaired) electrons. The van der Waals surface area contributed by atoms with E-state index in [1.165, 1.54) is 5.69 Å². The summed E-state index contributed by atoms with van der Waals surface area (Å²) in [5.74, 6) is 0. The van der Waals surface area contributed by atoms with Gasteiger partial charge in [-0.1, -0.05) is 0 Å². The van der Waals surface area contributed by atoms with Gasteiger partial charge in [-0.2, -0.15) is 0 Å². The van der Waals surface area contributed by atoms with Gasteiger partial charge >= 0.3 is 63.6 Å². The van der Waals surface area contributed by atoms with Gasteiger partial charge in [0, 0.05) is 0 Å². The van der Waals surface area contributed by atoms with Crippen molar-refractivity contribution in [3.8, 4) is 0 Å². The van der Waals surface area contributed by atoms with E-state index in [1.807, 2.05) is 0 Å². The van der Waals surface area contributed by atoms with E-state index in [1.54, 1.807) is 0 Å². The second kappa shape index (κ2) is 3.09. The molecule has 0 fully saturated rings. The zero-order valence-corrected chi connectivity index (χ0v) is 7.99. The molecule has 0 aliphatic rings.